The lowest BCUT2D eigenvalue weighted by atomic mass is 9.45. The number of hydrogen-bond donors (Lipinski definition) is 0. The normalized spacial score (nSPS) is 47.7. The fourth-order valence-corrected chi connectivity index (χ4v) is 8.41. The largest absolute Gasteiger partial charge is 0.431 e. The SMILES string of the molecule is C[C@]12CCCCC1CC[C@@H]1[C@@H]2CC[C@]2(C)C(c3ccc(=O)oc3)CC[C@@H]12. The van der Waals surface area contributed by atoms with E-state index >= 15 is 0 Å². The van der Waals surface area contributed by atoms with Crippen LogP contribution in [-0.2, 0) is 0 Å². The molecule has 0 bridgehead atoms. The minimum atomic E-state index is -0.222. The number of rotatable bonds is 1. The zero-order valence-electron chi connectivity index (χ0n) is 16.5. The highest BCUT2D eigenvalue weighted by Gasteiger charge is 2.59. The van der Waals surface area contributed by atoms with E-state index in [1.807, 2.05) is 6.07 Å². The molecule has 2 unspecified atom stereocenters. The van der Waals surface area contributed by atoms with Gasteiger partial charge in [0.15, 0.2) is 0 Å². The summed E-state index contributed by atoms with van der Waals surface area (Å²) >= 11 is 0. The second-order valence-electron chi connectivity index (χ2n) is 10.5. The smallest absolute Gasteiger partial charge is 0.335 e. The summed E-state index contributed by atoms with van der Waals surface area (Å²) in [6.07, 6.45) is 16.1. The van der Waals surface area contributed by atoms with Gasteiger partial charge in [-0.05, 0) is 103 Å². The van der Waals surface area contributed by atoms with E-state index in [1.165, 1.54) is 69.8 Å². The summed E-state index contributed by atoms with van der Waals surface area (Å²) in [7, 11) is 0. The number of fused-ring (bicyclic) bond motifs is 5. The topological polar surface area (TPSA) is 30.2 Å². The first-order chi connectivity index (χ1) is 12.5. The Kier molecular flexibility index (Phi) is 3.92. The molecule has 5 rings (SSSR count). The first kappa shape index (κ1) is 17.1. The lowest BCUT2D eigenvalue weighted by Crippen LogP contribution is -2.52. The molecule has 2 nitrogen and oxygen atoms in total. The van der Waals surface area contributed by atoms with Gasteiger partial charge < -0.3 is 4.42 Å². The summed E-state index contributed by atoms with van der Waals surface area (Å²) in [5, 5.41) is 0. The van der Waals surface area contributed by atoms with Gasteiger partial charge in [0, 0.05) is 6.07 Å². The molecule has 1 aromatic rings. The summed E-state index contributed by atoms with van der Waals surface area (Å²) < 4.78 is 5.23. The predicted molar refractivity (Wildman–Crippen MR) is 104 cm³/mol. The van der Waals surface area contributed by atoms with Crippen molar-refractivity contribution in [2.24, 2.45) is 34.5 Å². The fraction of sp³-hybridized carbons (Fsp3) is 0.792. The van der Waals surface area contributed by atoms with Gasteiger partial charge in [-0.15, -0.1) is 0 Å². The van der Waals surface area contributed by atoms with E-state index in [9.17, 15) is 4.79 Å². The molecule has 4 aliphatic rings. The molecule has 0 N–H and O–H groups in total. The highest BCUT2D eigenvalue weighted by atomic mass is 16.4. The molecule has 1 heterocycles. The maximum atomic E-state index is 11.4. The lowest BCUT2D eigenvalue weighted by Gasteiger charge is -2.60. The fourth-order valence-electron chi connectivity index (χ4n) is 8.41. The molecule has 0 radical (unpaired) electrons. The Hall–Kier alpha value is -1.05. The summed E-state index contributed by atoms with van der Waals surface area (Å²) in [5.41, 5.74) is 2.07. The summed E-state index contributed by atoms with van der Waals surface area (Å²) in [6.45, 7) is 5.22. The van der Waals surface area contributed by atoms with Gasteiger partial charge in [0.2, 0.25) is 0 Å². The molecule has 4 saturated carbocycles. The van der Waals surface area contributed by atoms with Gasteiger partial charge in [0.1, 0.15) is 0 Å². The molecule has 4 fully saturated rings. The first-order valence-corrected chi connectivity index (χ1v) is 11.1. The molecule has 1 aromatic heterocycles. The van der Waals surface area contributed by atoms with Crippen molar-refractivity contribution in [2.75, 3.05) is 0 Å². The molecular weight excluding hydrogens is 320 g/mol. The monoisotopic (exact) mass is 354 g/mol. The predicted octanol–water partition coefficient (Wildman–Crippen LogP) is 6.16. The van der Waals surface area contributed by atoms with Gasteiger partial charge in [0.25, 0.3) is 0 Å². The molecule has 0 spiro atoms. The van der Waals surface area contributed by atoms with E-state index in [1.54, 1.807) is 12.3 Å². The van der Waals surface area contributed by atoms with E-state index in [2.05, 4.69) is 13.8 Å². The van der Waals surface area contributed by atoms with Crippen molar-refractivity contribution >= 4 is 0 Å². The van der Waals surface area contributed by atoms with Crippen LogP contribution >= 0.6 is 0 Å². The second-order valence-corrected chi connectivity index (χ2v) is 10.5. The number of hydrogen-bond acceptors (Lipinski definition) is 2. The quantitative estimate of drug-likeness (QED) is 0.605. The summed E-state index contributed by atoms with van der Waals surface area (Å²) in [6, 6.07) is 3.65. The van der Waals surface area contributed by atoms with E-state index in [0.717, 1.165) is 23.7 Å². The van der Waals surface area contributed by atoms with Crippen molar-refractivity contribution in [3.8, 4) is 0 Å². The van der Waals surface area contributed by atoms with Crippen LogP contribution in [0, 0.1) is 34.5 Å². The van der Waals surface area contributed by atoms with E-state index in [0.29, 0.717) is 16.7 Å². The van der Waals surface area contributed by atoms with Gasteiger partial charge >= 0.3 is 5.63 Å². The highest BCUT2D eigenvalue weighted by molar-refractivity contribution is 5.22. The van der Waals surface area contributed by atoms with E-state index in [-0.39, 0.29) is 5.63 Å². The van der Waals surface area contributed by atoms with Gasteiger partial charge in [-0.25, -0.2) is 4.79 Å². The molecule has 2 heteroatoms. The Balaban J connectivity index is 1.45. The van der Waals surface area contributed by atoms with Crippen molar-refractivity contribution in [1.29, 1.82) is 0 Å². The van der Waals surface area contributed by atoms with Crippen LogP contribution in [-0.4, -0.2) is 0 Å². The van der Waals surface area contributed by atoms with Gasteiger partial charge in [0.05, 0.1) is 6.26 Å². The summed E-state index contributed by atoms with van der Waals surface area (Å²) in [5.74, 6) is 4.36. The average Bonchev–Trinajstić information content (AvgIpc) is 2.99. The van der Waals surface area contributed by atoms with Gasteiger partial charge in [-0.2, -0.15) is 0 Å². The molecule has 0 saturated heterocycles. The van der Waals surface area contributed by atoms with Crippen molar-refractivity contribution in [2.45, 2.75) is 84.0 Å². The molecule has 4 aliphatic carbocycles. The van der Waals surface area contributed by atoms with Crippen LogP contribution < -0.4 is 5.63 Å². The highest BCUT2D eigenvalue weighted by Crippen LogP contribution is 2.68. The molecular formula is C24H34O2. The Morgan fingerprint density at radius 1 is 0.885 bits per heavy atom. The van der Waals surface area contributed by atoms with Gasteiger partial charge in [-0.3, -0.25) is 0 Å². The zero-order valence-corrected chi connectivity index (χ0v) is 16.5. The first-order valence-electron chi connectivity index (χ1n) is 11.1. The minimum Gasteiger partial charge on any atom is -0.431 e. The van der Waals surface area contributed by atoms with Crippen LogP contribution in [0.1, 0.15) is 89.5 Å². The molecule has 7 atom stereocenters. The molecule has 0 aromatic carbocycles. The zero-order chi connectivity index (χ0) is 17.9. The second kappa shape index (κ2) is 5.97. The Morgan fingerprint density at radius 3 is 2.54 bits per heavy atom. The maximum absolute atomic E-state index is 11.4. The van der Waals surface area contributed by atoms with Crippen molar-refractivity contribution in [3.63, 3.8) is 0 Å². The molecule has 0 amide bonds. The van der Waals surface area contributed by atoms with Crippen LogP contribution in [0.25, 0.3) is 0 Å². The van der Waals surface area contributed by atoms with Crippen molar-refractivity contribution in [3.05, 3.63) is 34.4 Å². The van der Waals surface area contributed by atoms with Crippen LogP contribution in [0.4, 0.5) is 0 Å². The van der Waals surface area contributed by atoms with Crippen LogP contribution in [0.3, 0.4) is 0 Å². The standard InChI is InChI=1S/C24H34O2/c1-23-13-4-3-5-17(23)7-8-18-20-10-9-19(16-6-11-22(25)26-15-16)24(20,2)14-12-21(18)23/h6,11,15,17-21H,3-5,7-10,12-14H2,1-2H3/t17?,18-,19?,20-,21-,23-,24+/m0/s1. The Morgan fingerprint density at radius 2 is 1.73 bits per heavy atom. The third-order valence-electron chi connectivity index (χ3n) is 9.71. The third-order valence-corrected chi connectivity index (χ3v) is 9.71. The Bertz CT molecular complexity index is 715. The van der Waals surface area contributed by atoms with Crippen LogP contribution in [0.15, 0.2) is 27.6 Å². The van der Waals surface area contributed by atoms with Crippen molar-refractivity contribution in [1.82, 2.24) is 0 Å². The lowest BCUT2D eigenvalue weighted by molar-refractivity contribution is -0.106. The molecule has 26 heavy (non-hydrogen) atoms. The van der Waals surface area contributed by atoms with E-state index in [4.69, 9.17) is 4.42 Å². The van der Waals surface area contributed by atoms with E-state index < -0.39 is 0 Å². The Labute approximate surface area is 157 Å². The molecule has 142 valence electrons. The summed E-state index contributed by atoms with van der Waals surface area (Å²) in [4.78, 5) is 11.4. The van der Waals surface area contributed by atoms with Crippen LogP contribution in [0.5, 0.6) is 0 Å². The third kappa shape index (κ3) is 2.33. The maximum Gasteiger partial charge on any atom is 0.335 e. The van der Waals surface area contributed by atoms with Crippen molar-refractivity contribution < 1.29 is 4.42 Å². The average molecular weight is 355 g/mol. The molecule has 0 aliphatic heterocycles. The van der Waals surface area contributed by atoms with Gasteiger partial charge in [-0.1, -0.05) is 26.7 Å². The van der Waals surface area contributed by atoms with Crippen LogP contribution in [0.2, 0.25) is 0 Å². The minimum absolute atomic E-state index is 0.222.